The van der Waals surface area contributed by atoms with E-state index in [0.717, 1.165) is 51.4 Å². The van der Waals surface area contributed by atoms with Crippen molar-refractivity contribution in [3.05, 3.63) is 0 Å². The Morgan fingerprint density at radius 1 is 0.796 bits per heavy atom. The third-order valence-electron chi connectivity index (χ3n) is 10.9. The Labute approximate surface area is 323 Å². The maximum Gasteiger partial charge on any atom is 0.244 e. The molecule has 0 radical (unpaired) electrons. The topological polar surface area (TPSA) is 218 Å². The quantitative estimate of drug-likeness (QED) is 0.112. The van der Waals surface area contributed by atoms with Crippen LogP contribution in [0.1, 0.15) is 124 Å². The van der Waals surface area contributed by atoms with Gasteiger partial charge in [-0.25, -0.2) is 0 Å². The average molecular weight is 765 g/mol. The van der Waals surface area contributed by atoms with Crippen LogP contribution in [-0.4, -0.2) is 122 Å². The Kier molecular flexibility index (Phi) is 21.7. The van der Waals surface area contributed by atoms with Gasteiger partial charge in [0.2, 0.25) is 35.4 Å². The molecule has 1 heterocycles. The number of carbonyl (C=O) groups excluding carboxylic acids is 6. The monoisotopic (exact) mass is 765 g/mol. The first kappa shape index (κ1) is 46.9. The Bertz CT molecular complexity index is 1200. The summed E-state index contributed by atoms with van der Waals surface area (Å²) in [6.45, 7) is 8.16. The second kappa shape index (κ2) is 25.0. The normalized spacial score (nSPS) is 27.7. The molecule has 15 nitrogen and oxygen atoms in total. The van der Waals surface area contributed by atoms with E-state index in [1.807, 2.05) is 13.8 Å². The molecule has 2 aliphatic rings. The lowest BCUT2D eigenvalue weighted by molar-refractivity contribution is -0.147. The number of nitrogens with two attached hydrogens (primary N) is 2. The lowest BCUT2D eigenvalue weighted by Crippen LogP contribution is -2.61. The van der Waals surface area contributed by atoms with Crippen molar-refractivity contribution in [1.82, 2.24) is 31.1 Å². The number of unbranched alkanes of at least 4 members (excludes halogenated alkanes) is 3. The average Bonchev–Trinajstić information content (AvgIpc) is 3.44. The first-order valence-corrected chi connectivity index (χ1v) is 20.5. The largest absolute Gasteiger partial charge is 0.375 e. The van der Waals surface area contributed by atoms with Crippen LogP contribution in [0.15, 0.2) is 0 Å². The van der Waals surface area contributed by atoms with E-state index in [1.165, 1.54) is 9.80 Å². The van der Waals surface area contributed by atoms with Gasteiger partial charge in [0.15, 0.2) is 0 Å². The van der Waals surface area contributed by atoms with Crippen molar-refractivity contribution in [2.24, 2.45) is 23.3 Å². The van der Waals surface area contributed by atoms with E-state index < -0.39 is 65.9 Å². The van der Waals surface area contributed by atoms with Crippen LogP contribution in [0.25, 0.3) is 0 Å². The third kappa shape index (κ3) is 15.1. The number of hydrogen-bond donors (Lipinski definition) is 6. The number of likely N-dealkylation sites (N-methyl/N-ethyl adjacent to an activating group) is 1. The summed E-state index contributed by atoms with van der Waals surface area (Å²) in [6.07, 6.45) is 10.5. The highest BCUT2D eigenvalue weighted by molar-refractivity contribution is 5.97. The van der Waals surface area contributed by atoms with Crippen molar-refractivity contribution in [1.29, 1.82) is 0 Å². The van der Waals surface area contributed by atoms with Gasteiger partial charge in [0.25, 0.3) is 0 Å². The highest BCUT2D eigenvalue weighted by atomic mass is 16.5. The van der Waals surface area contributed by atoms with Crippen LogP contribution in [0.4, 0.5) is 0 Å². The van der Waals surface area contributed by atoms with Crippen LogP contribution in [-0.2, 0) is 33.5 Å². The number of amides is 6. The van der Waals surface area contributed by atoms with Crippen LogP contribution in [0.5, 0.6) is 0 Å². The standard InChI is InChI=1S/C39H72N8O7/c1-7-9-10-15-20-32-27(4)39(53)47(6)31(17-8-2)37(51)45-34(28-18-13-11-12-14-19-28)38(52)44-30(24-41)36(50)43-29(35(49)42-26(3)25-54-32)23-33(48)46(5)22-16-21-40/h26-32,34H,7-25,40-41H2,1-6H3,(H,42,49)(H,43,50)(H,44,52)(H,45,51)/t26-,27?,29?,30?,31?,32-,34?/m1/s1. The first-order valence-electron chi connectivity index (χ1n) is 20.5. The minimum Gasteiger partial charge on any atom is -0.375 e. The molecule has 1 aliphatic heterocycles. The molecular formula is C39H72N8O7. The number of nitrogens with one attached hydrogen (secondary N) is 4. The van der Waals surface area contributed by atoms with Gasteiger partial charge in [-0.15, -0.1) is 0 Å². The maximum atomic E-state index is 14.2. The summed E-state index contributed by atoms with van der Waals surface area (Å²) in [4.78, 5) is 86.1. The Hall–Kier alpha value is -3.30. The number of nitrogens with zero attached hydrogens (tertiary/aromatic N) is 2. The van der Waals surface area contributed by atoms with Gasteiger partial charge in [-0.05, 0) is 51.5 Å². The zero-order valence-corrected chi connectivity index (χ0v) is 34.0. The van der Waals surface area contributed by atoms with E-state index in [4.69, 9.17) is 16.2 Å². The van der Waals surface area contributed by atoms with E-state index in [9.17, 15) is 28.8 Å². The molecule has 1 saturated carbocycles. The molecule has 54 heavy (non-hydrogen) atoms. The zero-order chi connectivity index (χ0) is 40.2. The predicted octanol–water partition coefficient (Wildman–Crippen LogP) is 1.70. The molecule has 15 heteroatoms. The summed E-state index contributed by atoms with van der Waals surface area (Å²) < 4.78 is 6.37. The van der Waals surface area contributed by atoms with Gasteiger partial charge in [-0.3, -0.25) is 28.8 Å². The lowest BCUT2D eigenvalue weighted by atomic mass is 9.90. The van der Waals surface area contributed by atoms with Gasteiger partial charge in [0, 0.05) is 33.2 Å². The summed E-state index contributed by atoms with van der Waals surface area (Å²) in [7, 11) is 3.23. The lowest BCUT2D eigenvalue weighted by Gasteiger charge is -2.34. The molecule has 0 aromatic carbocycles. The molecule has 5 unspecified atom stereocenters. The van der Waals surface area contributed by atoms with E-state index in [1.54, 1.807) is 21.0 Å². The fourth-order valence-corrected chi connectivity index (χ4v) is 7.36. The SMILES string of the molecule is CCCCCC[C@H]1OC[C@@H](C)NC(=O)C(CC(=O)N(C)CCCN)NC(=O)C(CN)NC(=O)C(C2CCCCCC2)NC(=O)C(CCC)N(C)C(=O)C1C. The minimum absolute atomic E-state index is 0.0694. The summed E-state index contributed by atoms with van der Waals surface area (Å²) in [5.41, 5.74) is 11.7. The van der Waals surface area contributed by atoms with Gasteiger partial charge in [0.05, 0.1) is 25.0 Å². The third-order valence-corrected chi connectivity index (χ3v) is 10.9. The molecule has 0 aromatic heterocycles. The van der Waals surface area contributed by atoms with Crippen LogP contribution < -0.4 is 32.7 Å². The summed E-state index contributed by atoms with van der Waals surface area (Å²) in [5, 5.41) is 11.3. The number of rotatable bonds is 14. The molecule has 2 fully saturated rings. The van der Waals surface area contributed by atoms with Crippen molar-refractivity contribution < 1.29 is 33.5 Å². The van der Waals surface area contributed by atoms with Crippen LogP contribution >= 0.6 is 0 Å². The molecule has 6 amide bonds. The van der Waals surface area contributed by atoms with Crippen molar-refractivity contribution in [3.8, 4) is 0 Å². The van der Waals surface area contributed by atoms with Gasteiger partial charge in [-0.1, -0.05) is 78.6 Å². The second-order valence-corrected chi connectivity index (χ2v) is 15.4. The van der Waals surface area contributed by atoms with Gasteiger partial charge in [-0.2, -0.15) is 0 Å². The molecule has 7 atom stereocenters. The minimum atomic E-state index is -1.29. The Morgan fingerprint density at radius 3 is 2.06 bits per heavy atom. The van der Waals surface area contributed by atoms with E-state index in [-0.39, 0.29) is 37.3 Å². The molecule has 1 saturated heterocycles. The molecule has 0 aromatic rings. The van der Waals surface area contributed by atoms with Crippen molar-refractivity contribution in [2.75, 3.05) is 40.3 Å². The van der Waals surface area contributed by atoms with Crippen LogP contribution in [0.2, 0.25) is 0 Å². The van der Waals surface area contributed by atoms with E-state index >= 15 is 0 Å². The van der Waals surface area contributed by atoms with Crippen molar-refractivity contribution >= 4 is 35.4 Å². The summed E-state index contributed by atoms with van der Waals surface area (Å²) in [6, 6.07) is -4.90. The molecule has 8 N–H and O–H groups in total. The first-order chi connectivity index (χ1) is 25.8. The maximum absolute atomic E-state index is 14.2. The molecule has 0 bridgehead atoms. The summed E-state index contributed by atoms with van der Waals surface area (Å²) in [5.74, 6) is -3.75. The van der Waals surface area contributed by atoms with Gasteiger partial charge < -0.3 is 47.3 Å². The zero-order valence-electron chi connectivity index (χ0n) is 34.0. The summed E-state index contributed by atoms with van der Waals surface area (Å²) >= 11 is 0. The fourth-order valence-electron chi connectivity index (χ4n) is 7.36. The van der Waals surface area contributed by atoms with Crippen molar-refractivity contribution in [2.45, 2.75) is 160 Å². The predicted molar refractivity (Wildman–Crippen MR) is 209 cm³/mol. The molecule has 2 rings (SSSR count). The molecule has 1 aliphatic carbocycles. The Balaban J connectivity index is 2.58. The highest BCUT2D eigenvalue weighted by Gasteiger charge is 2.38. The van der Waals surface area contributed by atoms with Crippen LogP contribution in [0, 0.1) is 11.8 Å². The Morgan fingerprint density at radius 2 is 1.44 bits per heavy atom. The fraction of sp³-hybridized carbons (Fsp3) is 0.846. The van der Waals surface area contributed by atoms with Gasteiger partial charge in [0.1, 0.15) is 24.2 Å². The molecule has 0 spiro atoms. The highest BCUT2D eigenvalue weighted by Crippen LogP contribution is 2.27. The number of hydrogen-bond acceptors (Lipinski definition) is 9. The van der Waals surface area contributed by atoms with Gasteiger partial charge >= 0.3 is 0 Å². The molecule has 310 valence electrons. The van der Waals surface area contributed by atoms with Crippen LogP contribution in [0.3, 0.4) is 0 Å². The number of ether oxygens (including phenoxy) is 1. The van der Waals surface area contributed by atoms with E-state index in [0.29, 0.717) is 51.6 Å². The van der Waals surface area contributed by atoms with Crippen molar-refractivity contribution in [3.63, 3.8) is 0 Å². The second-order valence-electron chi connectivity index (χ2n) is 15.4. The van der Waals surface area contributed by atoms with E-state index in [2.05, 4.69) is 28.2 Å². The molecular weight excluding hydrogens is 692 g/mol. The number of carbonyl (C=O) groups is 6. The smallest absolute Gasteiger partial charge is 0.244 e.